The van der Waals surface area contributed by atoms with Gasteiger partial charge in [-0.05, 0) is 30.2 Å². The summed E-state index contributed by atoms with van der Waals surface area (Å²) in [6.45, 7) is 7.97. The summed E-state index contributed by atoms with van der Waals surface area (Å²) in [5, 5.41) is 3.05. The molecule has 0 aliphatic carbocycles. The Balaban J connectivity index is 3.30. The SMILES string of the molecule is CCNC(c1cc(C(F)(F)F)ccc1F)C(C)(C)C. The molecule has 0 aliphatic heterocycles. The van der Waals surface area contributed by atoms with Crippen LogP contribution in [0.1, 0.15) is 44.9 Å². The Morgan fingerprint density at radius 2 is 1.74 bits per heavy atom. The highest BCUT2D eigenvalue weighted by Gasteiger charge is 2.34. The quantitative estimate of drug-likeness (QED) is 0.800. The fourth-order valence-corrected chi connectivity index (χ4v) is 2.03. The molecule has 0 bridgehead atoms. The van der Waals surface area contributed by atoms with E-state index in [-0.39, 0.29) is 11.0 Å². The van der Waals surface area contributed by atoms with Crippen molar-refractivity contribution in [2.45, 2.75) is 39.9 Å². The molecule has 0 saturated heterocycles. The van der Waals surface area contributed by atoms with Crippen LogP contribution in [0.5, 0.6) is 0 Å². The van der Waals surface area contributed by atoms with E-state index < -0.39 is 23.6 Å². The fraction of sp³-hybridized carbons (Fsp3) is 0.571. The summed E-state index contributed by atoms with van der Waals surface area (Å²) in [7, 11) is 0. The van der Waals surface area contributed by atoms with Crippen LogP contribution in [0.15, 0.2) is 18.2 Å². The second-order valence-electron chi connectivity index (χ2n) is 5.59. The van der Waals surface area contributed by atoms with Crippen molar-refractivity contribution in [2.24, 2.45) is 5.41 Å². The minimum atomic E-state index is -4.46. The van der Waals surface area contributed by atoms with Gasteiger partial charge in [-0.25, -0.2) is 4.39 Å². The highest BCUT2D eigenvalue weighted by Crippen LogP contribution is 2.37. The third kappa shape index (κ3) is 3.93. The van der Waals surface area contributed by atoms with E-state index in [1.807, 2.05) is 27.7 Å². The van der Waals surface area contributed by atoms with Gasteiger partial charge in [-0.1, -0.05) is 27.7 Å². The molecule has 0 aliphatic rings. The molecule has 1 rings (SSSR count). The van der Waals surface area contributed by atoms with Crippen LogP contribution in [-0.4, -0.2) is 6.54 Å². The molecule has 0 radical (unpaired) electrons. The van der Waals surface area contributed by atoms with Crippen molar-refractivity contribution in [3.8, 4) is 0 Å². The number of benzene rings is 1. The molecular formula is C14H19F4N. The third-order valence-corrected chi connectivity index (χ3v) is 2.91. The van der Waals surface area contributed by atoms with Crippen LogP contribution in [-0.2, 0) is 6.18 Å². The molecule has 0 spiro atoms. The number of rotatable bonds is 3. The molecule has 1 aromatic carbocycles. The molecule has 1 atom stereocenters. The average Bonchev–Trinajstić information content (AvgIpc) is 2.24. The molecular weight excluding hydrogens is 258 g/mol. The minimum Gasteiger partial charge on any atom is -0.310 e. The third-order valence-electron chi connectivity index (χ3n) is 2.91. The van der Waals surface area contributed by atoms with Gasteiger partial charge in [-0.3, -0.25) is 0 Å². The topological polar surface area (TPSA) is 12.0 Å². The Morgan fingerprint density at radius 3 is 2.16 bits per heavy atom. The molecule has 0 heterocycles. The molecule has 0 amide bonds. The van der Waals surface area contributed by atoms with E-state index >= 15 is 0 Å². The lowest BCUT2D eigenvalue weighted by molar-refractivity contribution is -0.137. The van der Waals surface area contributed by atoms with Crippen LogP contribution in [0.4, 0.5) is 17.6 Å². The average molecular weight is 277 g/mol. The Hall–Kier alpha value is -1.10. The van der Waals surface area contributed by atoms with Crippen molar-refractivity contribution in [3.05, 3.63) is 35.1 Å². The van der Waals surface area contributed by atoms with Crippen LogP contribution in [0.2, 0.25) is 0 Å². The second-order valence-corrected chi connectivity index (χ2v) is 5.59. The first-order chi connectivity index (χ1) is 8.57. The Labute approximate surface area is 111 Å². The molecule has 0 aromatic heterocycles. The van der Waals surface area contributed by atoms with Crippen molar-refractivity contribution in [2.75, 3.05) is 6.54 Å². The lowest BCUT2D eigenvalue weighted by atomic mass is 9.81. The van der Waals surface area contributed by atoms with Gasteiger partial charge in [0, 0.05) is 11.6 Å². The van der Waals surface area contributed by atoms with Crippen LogP contribution in [0.25, 0.3) is 0 Å². The first-order valence-electron chi connectivity index (χ1n) is 6.17. The molecule has 0 fully saturated rings. The maximum atomic E-state index is 13.9. The number of nitrogens with one attached hydrogen (secondary N) is 1. The van der Waals surface area contributed by atoms with Gasteiger partial charge in [-0.2, -0.15) is 13.2 Å². The van der Waals surface area contributed by atoms with Gasteiger partial charge in [-0.15, -0.1) is 0 Å². The molecule has 108 valence electrons. The van der Waals surface area contributed by atoms with Gasteiger partial charge >= 0.3 is 6.18 Å². The maximum Gasteiger partial charge on any atom is 0.416 e. The molecule has 0 saturated carbocycles. The molecule has 1 nitrogen and oxygen atoms in total. The predicted octanol–water partition coefficient (Wildman–Crippen LogP) is 4.54. The van der Waals surface area contributed by atoms with Gasteiger partial charge in [0.05, 0.1) is 5.56 Å². The lowest BCUT2D eigenvalue weighted by Gasteiger charge is -2.32. The maximum absolute atomic E-state index is 13.9. The van der Waals surface area contributed by atoms with E-state index in [0.717, 1.165) is 18.2 Å². The van der Waals surface area contributed by atoms with E-state index in [4.69, 9.17) is 0 Å². The van der Waals surface area contributed by atoms with Crippen molar-refractivity contribution < 1.29 is 17.6 Å². The highest BCUT2D eigenvalue weighted by molar-refractivity contribution is 5.30. The van der Waals surface area contributed by atoms with E-state index in [2.05, 4.69) is 5.32 Å². The minimum absolute atomic E-state index is 0.0594. The first-order valence-corrected chi connectivity index (χ1v) is 6.17. The van der Waals surface area contributed by atoms with Crippen molar-refractivity contribution in [1.82, 2.24) is 5.32 Å². The van der Waals surface area contributed by atoms with Gasteiger partial charge in [0.25, 0.3) is 0 Å². The molecule has 1 aromatic rings. The Kier molecular flexibility index (Phi) is 4.61. The standard InChI is InChI=1S/C14H19F4N/c1-5-19-12(13(2,3)4)10-8-9(14(16,17)18)6-7-11(10)15/h6-8,12,19H,5H2,1-4H3. The van der Waals surface area contributed by atoms with Gasteiger partial charge < -0.3 is 5.32 Å². The summed E-state index contributed by atoms with van der Waals surface area (Å²) in [5.74, 6) is -0.617. The van der Waals surface area contributed by atoms with Crippen molar-refractivity contribution in [3.63, 3.8) is 0 Å². The molecule has 1 N–H and O–H groups in total. The normalized spacial score (nSPS) is 14.5. The van der Waals surface area contributed by atoms with E-state index in [1.54, 1.807) is 0 Å². The van der Waals surface area contributed by atoms with E-state index in [0.29, 0.717) is 6.54 Å². The Bertz CT molecular complexity index is 432. The summed E-state index contributed by atoms with van der Waals surface area (Å²) in [6, 6.07) is 2.08. The van der Waals surface area contributed by atoms with E-state index in [1.165, 1.54) is 0 Å². The van der Waals surface area contributed by atoms with Crippen LogP contribution >= 0.6 is 0 Å². The summed E-state index contributed by atoms with van der Waals surface area (Å²) in [5.41, 5.74) is -1.15. The zero-order chi connectivity index (χ0) is 14.8. The zero-order valence-corrected chi connectivity index (χ0v) is 11.5. The number of hydrogen-bond acceptors (Lipinski definition) is 1. The fourth-order valence-electron chi connectivity index (χ4n) is 2.03. The lowest BCUT2D eigenvalue weighted by Crippen LogP contribution is -2.33. The molecule has 5 heteroatoms. The van der Waals surface area contributed by atoms with Crippen molar-refractivity contribution in [1.29, 1.82) is 0 Å². The monoisotopic (exact) mass is 277 g/mol. The smallest absolute Gasteiger partial charge is 0.310 e. The van der Waals surface area contributed by atoms with Crippen LogP contribution in [0, 0.1) is 11.2 Å². The van der Waals surface area contributed by atoms with Crippen LogP contribution < -0.4 is 5.32 Å². The molecule has 19 heavy (non-hydrogen) atoms. The van der Waals surface area contributed by atoms with E-state index in [9.17, 15) is 17.6 Å². The summed E-state index contributed by atoms with van der Waals surface area (Å²) >= 11 is 0. The van der Waals surface area contributed by atoms with Gasteiger partial charge in [0.1, 0.15) is 5.82 Å². The first kappa shape index (κ1) is 16.0. The van der Waals surface area contributed by atoms with Crippen molar-refractivity contribution >= 4 is 0 Å². The number of halogens is 4. The zero-order valence-electron chi connectivity index (χ0n) is 11.5. The largest absolute Gasteiger partial charge is 0.416 e. The Morgan fingerprint density at radius 1 is 1.16 bits per heavy atom. The second kappa shape index (κ2) is 5.49. The van der Waals surface area contributed by atoms with Gasteiger partial charge in [0.2, 0.25) is 0 Å². The highest BCUT2D eigenvalue weighted by atomic mass is 19.4. The molecule has 1 unspecified atom stereocenters. The summed E-state index contributed by atoms with van der Waals surface area (Å²) in [4.78, 5) is 0. The number of hydrogen-bond donors (Lipinski definition) is 1. The summed E-state index contributed by atoms with van der Waals surface area (Å²) < 4.78 is 52.0. The summed E-state index contributed by atoms with van der Waals surface area (Å²) in [6.07, 6.45) is -4.46. The van der Waals surface area contributed by atoms with Gasteiger partial charge in [0.15, 0.2) is 0 Å². The number of alkyl halides is 3. The predicted molar refractivity (Wildman–Crippen MR) is 67.3 cm³/mol. The van der Waals surface area contributed by atoms with Crippen LogP contribution in [0.3, 0.4) is 0 Å².